The molecule has 1 aromatic rings. The molecular formula is C12H19NO2. The van der Waals surface area contributed by atoms with E-state index in [1.165, 1.54) is 5.56 Å². The first kappa shape index (κ1) is 12.0. The topological polar surface area (TPSA) is 55.5 Å². The zero-order chi connectivity index (χ0) is 11.4. The molecule has 84 valence electrons. The first-order valence-electron chi connectivity index (χ1n) is 5.16. The summed E-state index contributed by atoms with van der Waals surface area (Å²) in [4.78, 5) is 0. The highest BCUT2D eigenvalue weighted by atomic mass is 16.5. The van der Waals surface area contributed by atoms with Gasteiger partial charge in [-0.05, 0) is 23.6 Å². The third-order valence-corrected chi connectivity index (χ3v) is 2.50. The van der Waals surface area contributed by atoms with Gasteiger partial charge in [0.2, 0.25) is 0 Å². The molecule has 0 spiro atoms. The first-order chi connectivity index (χ1) is 7.10. The second kappa shape index (κ2) is 5.14. The van der Waals surface area contributed by atoms with Gasteiger partial charge in [-0.25, -0.2) is 0 Å². The van der Waals surface area contributed by atoms with E-state index in [1.54, 1.807) is 7.11 Å². The van der Waals surface area contributed by atoms with E-state index in [0.717, 1.165) is 5.56 Å². The van der Waals surface area contributed by atoms with Gasteiger partial charge in [-0.3, -0.25) is 0 Å². The van der Waals surface area contributed by atoms with E-state index in [2.05, 4.69) is 13.8 Å². The van der Waals surface area contributed by atoms with E-state index in [0.29, 0.717) is 11.7 Å². The maximum absolute atomic E-state index is 9.74. The monoisotopic (exact) mass is 209 g/mol. The average molecular weight is 209 g/mol. The SMILES string of the molecule is COc1ccc(C(C)C)cc1C(O)CN. The van der Waals surface area contributed by atoms with Crippen molar-refractivity contribution in [2.24, 2.45) is 5.73 Å². The number of aliphatic hydroxyl groups is 1. The predicted molar refractivity (Wildman–Crippen MR) is 61.1 cm³/mol. The Labute approximate surface area is 90.9 Å². The van der Waals surface area contributed by atoms with Crippen LogP contribution < -0.4 is 10.5 Å². The molecule has 15 heavy (non-hydrogen) atoms. The van der Waals surface area contributed by atoms with Crippen molar-refractivity contribution in [1.29, 1.82) is 0 Å². The molecule has 3 nitrogen and oxygen atoms in total. The highest BCUT2D eigenvalue weighted by Crippen LogP contribution is 2.28. The normalized spacial score (nSPS) is 12.9. The van der Waals surface area contributed by atoms with Crippen LogP contribution in [0.2, 0.25) is 0 Å². The summed E-state index contributed by atoms with van der Waals surface area (Å²) in [6.07, 6.45) is -0.654. The van der Waals surface area contributed by atoms with Gasteiger partial charge in [0.05, 0.1) is 13.2 Å². The summed E-state index contributed by atoms with van der Waals surface area (Å²) >= 11 is 0. The number of benzene rings is 1. The fourth-order valence-corrected chi connectivity index (χ4v) is 1.50. The molecule has 3 heteroatoms. The molecule has 0 aliphatic carbocycles. The van der Waals surface area contributed by atoms with E-state index in [9.17, 15) is 5.11 Å². The van der Waals surface area contributed by atoms with Gasteiger partial charge >= 0.3 is 0 Å². The molecule has 1 aromatic carbocycles. The maximum Gasteiger partial charge on any atom is 0.124 e. The van der Waals surface area contributed by atoms with Crippen molar-refractivity contribution < 1.29 is 9.84 Å². The first-order valence-corrected chi connectivity index (χ1v) is 5.16. The fraction of sp³-hybridized carbons (Fsp3) is 0.500. The molecular weight excluding hydrogens is 190 g/mol. The molecule has 0 heterocycles. The van der Waals surface area contributed by atoms with Gasteiger partial charge in [0, 0.05) is 12.1 Å². The van der Waals surface area contributed by atoms with E-state index in [-0.39, 0.29) is 6.54 Å². The quantitative estimate of drug-likeness (QED) is 0.795. The standard InChI is InChI=1S/C12H19NO2/c1-8(2)9-4-5-12(15-3)10(6-9)11(14)7-13/h4-6,8,11,14H,7,13H2,1-3H3. The summed E-state index contributed by atoms with van der Waals surface area (Å²) in [5.74, 6) is 1.12. The molecule has 0 aliphatic rings. The van der Waals surface area contributed by atoms with Gasteiger partial charge in [0.15, 0.2) is 0 Å². The maximum atomic E-state index is 9.74. The van der Waals surface area contributed by atoms with Gasteiger partial charge < -0.3 is 15.6 Å². The molecule has 1 atom stereocenters. The van der Waals surface area contributed by atoms with Crippen LogP contribution in [0.25, 0.3) is 0 Å². The average Bonchev–Trinajstić information content (AvgIpc) is 2.27. The second-order valence-electron chi connectivity index (χ2n) is 3.91. The summed E-state index contributed by atoms with van der Waals surface area (Å²) in [6, 6.07) is 5.85. The van der Waals surface area contributed by atoms with Gasteiger partial charge in [-0.15, -0.1) is 0 Å². The minimum absolute atomic E-state index is 0.206. The van der Waals surface area contributed by atoms with E-state index in [1.807, 2.05) is 18.2 Å². The summed E-state index contributed by atoms with van der Waals surface area (Å²) in [7, 11) is 1.59. The lowest BCUT2D eigenvalue weighted by Crippen LogP contribution is -2.13. The zero-order valence-corrected chi connectivity index (χ0v) is 9.53. The molecule has 0 radical (unpaired) electrons. The Bertz CT molecular complexity index is 323. The molecule has 0 saturated carbocycles. The largest absolute Gasteiger partial charge is 0.496 e. The van der Waals surface area contributed by atoms with Crippen molar-refractivity contribution in [2.75, 3.05) is 13.7 Å². The van der Waals surface area contributed by atoms with Gasteiger partial charge in [-0.2, -0.15) is 0 Å². The summed E-state index contributed by atoms with van der Waals surface area (Å²) in [5.41, 5.74) is 7.40. The highest BCUT2D eigenvalue weighted by Gasteiger charge is 2.13. The molecule has 0 fully saturated rings. The molecule has 1 rings (SSSR count). The number of methoxy groups -OCH3 is 1. The third-order valence-electron chi connectivity index (χ3n) is 2.50. The van der Waals surface area contributed by atoms with Crippen LogP contribution in [0.1, 0.15) is 37.0 Å². The van der Waals surface area contributed by atoms with Gasteiger partial charge in [0.25, 0.3) is 0 Å². The van der Waals surface area contributed by atoms with Crippen molar-refractivity contribution in [1.82, 2.24) is 0 Å². The van der Waals surface area contributed by atoms with Crippen LogP contribution in [0, 0.1) is 0 Å². The number of ether oxygens (including phenoxy) is 1. The molecule has 3 N–H and O–H groups in total. The minimum Gasteiger partial charge on any atom is -0.496 e. The van der Waals surface area contributed by atoms with Crippen LogP contribution in [-0.4, -0.2) is 18.8 Å². The van der Waals surface area contributed by atoms with E-state index < -0.39 is 6.10 Å². The third kappa shape index (κ3) is 2.70. The van der Waals surface area contributed by atoms with Gasteiger partial charge in [0.1, 0.15) is 5.75 Å². The molecule has 0 aromatic heterocycles. The second-order valence-corrected chi connectivity index (χ2v) is 3.91. The Morgan fingerprint density at radius 1 is 1.40 bits per heavy atom. The molecule has 1 unspecified atom stereocenters. The Kier molecular flexibility index (Phi) is 4.12. The number of hydrogen-bond donors (Lipinski definition) is 2. The lowest BCUT2D eigenvalue weighted by molar-refractivity contribution is 0.182. The Morgan fingerprint density at radius 2 is 2.07 bits per heavy atom. The molecule has 0 saturated heterocycles. The van der Waals surface area contributed by atoms with Crippen LogP contribution in [0.4, 0.5) is 0 Å². The van der Waals surface area contributed by atoms with Crippen LogP contribution in [-0.2, 0) is 0 Å². The summed E-state index contributed by atoms with van der Waals surface area (Å²) in [5, 5.41) is 9.74. The predicted octanol–water partition coefficient (Wildman–Crippen LogP) is 1.81. The van der Waals surface area contributed by atoms with Crippen molar-refractivity contribution in [3.05, 3.63) is 29.3 Å². The van der Waals surface area contributed by atoms with Crippen LogP contribution >= 0.6 is 0 Å². The highest BCUT2D eigenvalue weighted by molar-refractivity contribution is 5.39. The number of aliphatic hydroxyl groups excluding tert-OH is 1. The minimum atomic E-state index is -0.654. The van der Waals surface area contributed by atoms with E-state index in [4.69, 9.17) is 10.5 Å². The van der Waals surface area contributed by atoms with E-state index >= 15 is 0 Å². The van der Waals surface area contributed by atoms with Crippen LogP contribution in [0.15, 0.2) is 18.2 Å². The number of nitrogens with two attached hydrogens (primary N) is 1. The van der Waals surface area contributed by atoms with Gasteiger partial charge in [-0.1, -0.05) is 19.9 Å². The number of hydrogen-bond acceptors (Lipinski definition) is 3. The Hall–Kier alpha value is -1.06. The molecule has 0 bridgehead atoms. The smallest absolute Gasteiger partial charge is 0.124 e. The van der Waals surface area contributed by atoms with Crippen molar-refractivity contribution in [2.45, 2.75) is 25.9 Å². The Balaban J connectivity index is 3.13. The lowest BCUT2D eigenvalue weighted by Gasteiger charge is -2.16. The summed E-state index contributed by atoms with van der Waals surface area (Å²) < 4.78 is 5.19. The molecule has 0 amide bonds. The lowest BCUT2D eigenvalue weighted by atomic mass is 9.98. The fourth-order valence-electron chi connectivity index (χ4n) is 1.50. The number of rotatable bonds is 4. The Morgan fingerprint density at radius 3 is 2.53 bits per heavy atom. The summed E-state index contributed by atoms with van der Waals surface area (Å²) in [6.45, 7) is 4.43. The van der Waals surface area contributed by atoms with Crippen LogP contribution in [0.3, 0.4) is 0 Å². The van der Waals surface area contributed by atoms with Crippen molar-refractivity contribution in [3.8, 4) is 5.75 Å². The van der Waals surface area contributed by atoms with Crippen molar-refractivity contribution in [3.63, 3.8) is 0 Å². The zero-order valence-electron chi connectivity index (χ0n) is 9.53. The van der Waals surface area contributed by atoms with Crippen LogP contribution in [0.5, 0.6) is 5.75 Å². The molecule has 0 aliphatic heterocycles. The van der Waals surface area contributed by atoms with Crippen molar-refractivity contribution >= 4 is 0 Å².